The van der Waals surface area contributed by atoms with Crippen LogP contribution in [0.25, 0.3) is 0 Å². The molecule has 0 spiro atoms. The molecule has 0 radical (unpaired) electrons. The van der Waals surface area contributed by atoms with E-state index in [1.165, 1.54) is 0 Å². The van der Waals surface area contributed by atoms with Gasteiger partial charge in [-0.3, -0.25) is 4.79 Å². The van der Waals surface area contributed by atoms with Gasteiger partial charge in [-0.25, -0.2) is 4.98 Å². The Morgan fingerprint density at radius 2 is 2.16 bits per heavy atom. The van der Waals surface area contributed by atoms with Crippen LogP contribution >= 0.6 is 0 Å². The quantitative estimate of drug-likeness (QED) is 0.619. The van der Waals surface area contributed by atoms with Crippen molar-refractivity contribution >= 4 is 6.41 Å². The zero-order valence-electron chi connectivity index (χ0n) is 10.4. The summed E-state index contributed by atoms with van der Waals surface area (Å²) in [5.41, 5.74) is 2.84. The lowest BCUT2D eigenvalue weighted by molar-refractivity contribution is -0.109. The maximum absolute atomic E-state index is 10.2. The Bertz CT molecular complexity index is 580. The molecule has 0 bridgehead atoms. The molecule has 5 heteroatoms. The van der Waals surface area contributed by atoms with E-state index in [0.29, 0.717) is 25.1 Å². The lowest BCUT2D eigenvalue weighted by atomic mass is 10.1. The summed E-state index contributed by atoms with van der Waals surface area (Å²) in [5, 5.41) is 11.4. The highest BCUT2D eigenvalue weighted by atomic mass is 16.1. The third kappa shape index (κ3) is 3.42. The van der Waals surface area contributed by atoms with Crippen LogP contribution in [0.1, 0.15) is 16.8 Å². The van der Waals surface area contributed by atoms with Crippen LogP contribution in [0.4, 0.5) is 0 Å². The Morgan fingerprint density at radius 3 is 2.84 bits per heavy atom. The number of amides is 1. The number of nitriles is 1. The maximum atomic E-state index is 10.2. The molecule has 0 aliphatic heterocycles. The Hall–Kier alpha value is -2.61. The molecule has 96 valence electrons. The summed E-state index contributed by atoms with van der Waals surface area (Å²) < 4.78 is 2.04. The lowest BCUT2D eigenvalue weighted by Crippen LogP contribution is -2.16. The smallest absolute Gasteiger partial charge is 0.207 e. The highest BCUT2D eigenvalue weighted by molar-refractivity contribution is 5.45. The van der Waals surface area contributed by atoms with Gasteiger partial charge in [-0.1, -0.05) is 12.1 Å². The third-order valence-corrected chi connectivity index (χ3v) is 2.84. The van der Waals surface area contributed by atoms with Gasteiger partial charge in [-0.15, -0.1) is 0 Å². The second-order valence-electron chi connectivity index (χ2n) is 4.14. The van der Waals surface area contributed by atoms with Crippen LogP contribution in [0.3, 0.4) is 0 Å². The van der Waals surface area contributed by atoms with Crippen LogP contribution in [0.15, 0.2) is 36.8 Å². The Labute approximate surface area is 111 Å². The second kappa shape index (κ2) is 6.36. The van der Waals surface area contributed by atoms with E-state index in [4.69, 9.17) is 5.26 Å². The van der Waals surface area contributed by atoms with E-state index in [2.05, 4.69) is 16.4 Å². The van der Waals surface area contributed by atoms with E-state index < -0.39 is 0 Å². The molecule has 0 unspecified atom stereocenters. The van der Waals surface area contributed by atoms with Crippen molar-refractivity contribution in [2.45, 2.75) is 13.0 Å². The van der Waals surface area contributed by atoms with Crippen molar-refractivity contribution in [1.29, 1.82) is 5.26 Å². The monoisotopic (exact) mass is 254 g/mol. The molecule has 0 saturated carbocycles. The first-order valence-corrected chi connectivity index (χ1v) is 5.98. The van der Waals surface area contributed by atoms with Gasteiger partial charge in [-0.2, -0.15) is 5.26 Å². The highest BCUT2D eigenvalue weighted by Gasteiger charge is 2.03. The van der Waals surface area contributed by atoms with Gasteiger partial charge in [0.05, 0.1) is 18.0 Å². The fraction of sp³-hybridized carbons (Fsp3) is 0.214. The fourth-order valence-corrected chi connectivity index (χ4v) is 1.84. The average Bonchev–Trinajstić information content (AvgIpc) is 2.87. The Morgan fingerprint density at radius 1 is 1.37 bits per heavy atom. The molecule has 0 aliphatic carbocycles. The zero-order chi connectivity index (χ0) is 13.5. The summed E-state index contributed by atoms with van der Waals surface area (Å²) in [6.45, 7) is 1.31. The molecule has 1 aromatic carbocycles. The van der Waals surface area contributed by atoms with Gasteiger partial charge >= 0.3 is 0 Å². The van der Waals surface area contributed by atoms with Crippen molar-refractivity contribution < 1.29 is 4.79 Å². The number of rotatable bonds is 6. The molecule has 19 heavy (non-hydrogen) atoms. The SMILES string of the molecule is N#Cc1ccc(Cn2cncc2CCNC=O)cc1. The fourth-order valence-electron chi connectivity index (χ4n) is 1.84. The first-order valence-electron chi connectivity index (χ1n) is 5.98. The predicted molar refractivity (Wildman–Crippen MR) is 70.3 cm³/mol. The van der Waals surface area contributed by atoms with E-state index in [0.717, 1.165) is 17.7 Å². The van der Waals surface area contributed by atoms with Crippen molar-refractivity contribution in [1.82, 2.24) is 14.9 Å². The van der Waals surface area contributed by atoms with Crippen molar-refractivity contribution in [3.63, 3.8) is 0 Å². The van der Waals surface area contributed by atoms with Crippen molar-refractivity contribution in [2.24, 2.45) is 0 Å². The molecule has 2 aromatic rings. The van der Waals surface area contributed by atoms with E-state index in [1.807, 2.05) is 16.7 Å². The molecule has 0 atom stereocenters. The minimum Gasteiger partial charge on any atom is -0.358 e. The number of carbonyl (C=O) groups is 1. The minimum atomic E-state index is 0.600. The topological polar surface area (TPSA) is 70.7 Å². The number of hydrogen-bond acceptors (Lipinski definition) is 3. The molecule has 1 amide bonds. The summed E-state index contributed by atoms with van der Waals surface area (Å²) in [6.07, 6.45) is 5.01. The van der Waals surface area contributed by atoms with Gasteiger partial charge in [0.1, 0.15) is 0 Å². The van der Waals surface area contributed by atoms with Gasteiger partial charge in [0.2, 0.25) is 6.41 Å². The van der Waals surface area contributed by atoms with Gasteiger partial charge in [0.25, 0.3) is 0 Å². The molecule has 2 rings (SSSR count). The number of imidazole rings is 1. The highest BCUT2D eigenvalue weighted by Crippen LogP contribution is 2.08. The average molecular weight is 254 g/mol. The third-order valence-electron chi connectivity index (χ3n) is 2.84. The van der Waals surface area contributed by atoms with Gasteiger partial charge in [-0.05, 0) is 17.7 Å². The second-order valence-corrected chi connectivity index (χ2v) is 4.14. The predicted octanol–water partition coefficient (Wildman–Crippen LogP) is 1.09. The first kappa shape index (κ1) is 12.8. The van der Waals surface area contributed by atoms with Gasteiger partial charge < -0.3 is 9.88 Å². The minimum absolute atomic E-state index is 0.600. The Kier molecular flexibility index (Phi) is 4.29. The van der Waals surface area contributed by atoms with Gasteiger partial charge in [0.15, 0.2) is 0 Å². The largest absolute Gasteiger partial charge is 0.358 e. The number of carbonyl (C=O) groups excluding carboxylic acids is 1. The Balaban J connectivity index is 2.04. The van der Waals surface area contributed by atoms with E-state index in [-0.39, 0.29) is 0 Å². The summed E-state index contributed by atoms with van der Waals surface area (Å²) in [5.74, 6) is 0. The number of aromatic nitrogens is 2. The van der Waals surface area contributed by atoms with Crippen molar-refractivity contribution in [2.75, 3.05) is 6.54 Å². The van der Waals surface area contributed by atoms with Crippen LogP contribution < -0.4 is 5.32 Å². The summed E-state index contributed by atoms with van der Waals surface area (Å²) in [4.78, 5) is 14.3. The summed E-state index contributed by atoms with van der Waals surface area (Å²) in [7, 11) is 0. The van der Waals surface area contributed by atoms with Crippen LogP contribution in [-0.4, -0.2) is 22.5 Å². The van der Waals surface area contributed by atoms with Crippen molar-refractivity contribution in [3.8, 4) is 6.07 Å². The molecule has 1 aromatic heterocycles. The molecular formula is C14H14N4O. The first-order chi connectivity index (χ1) is 9.33. The number of hydrogen-bond donors (Lipinski definition) is 1. The van der Waals surface area contributed by atoms with Crippen molar-refractivity contribution in [3.05, 3.63) is 53.6 Å². The summed E-state index contributed by atoms with van der Waals surface area (Å²) >= 11 is 0. The number of nitrogens with zero attached hydrogens (tertiary/aromatic N) is 3. The molecule has 0 aliphatic rings. The zero-order valence-corrected chi connectivity index (χ0v) is 10.4. The molecule has 1 N–H and O–H groups in total. The molecule has 0 saturated heterocycles. The maximum Gasteiger partial charge on any atom is 0.207 e. The van der Waals surface area contributed by atoms with E-state index >= 15 is 0 Å². The van der Waals surface area contributed by atoms with Gasteiger partial charge in [0, 0.05) is 31.4 Å². The normalized spacial score (nSPS) is 9.84. The van der Waals surface area contributed by atoms with Crippen LogP contribution in [0, 0.1) is 11.3 Å². The molecule has 1 heterocycles. The molecule has 5 nitrogen and oxygen atoms in total. The number of benzene rings is 1. The molecule has 0 fully saturated rings. The van der Waals surface area contributed by atoms with Crippen LogP contribution in [0.5, 0.6) is 0 Å². The van der Waals surface area contributed by atoms with Crippen LogP contribution in [0.2, 0.25) is 0 Å². The molecular weight excluding hydrogens is 240 g/mol. The van der Waals surface area contributed by atoms with E-state index in [9.17, 15) is 4.79 Å². The number of nitrogens with one attached hydrogen (secondary N) is 1. The summed E-state index contributed by atoms with van der Waals surface area (Å²) in [6, 6.07) is 9.58. The van der Waals surface area contributed by atoms with Crippen LogP contribution in [-0.2, 0) is 17.8 Å². The van der Waals surface area contributed by atoms with E-state index in [1.54, 1.807) is 24.7 Å². The standard InChI is InChI=1S/C14H14N4O/c15-7-12-1-3-13(4-2-12)9-18-10-17-8-14(18)5-6-16-11-19/h1-4,8,10-11H,5-6,9H2,(H,16,19). The lowest BCUT2D eigenvalue weighted by Gasteiger charge is -2.08.